The average Bonchev–Trinajstić information content (AvgIpc) is 2.15. The highest BCUT2D eigenvalue weighted by Crippen LogP contribution is 2.26. The van der Waals surface area contributed by atoms with Crippen molar-refractivity contribution in [2.45, 2.75) is 6.92 Å². The monoisotopic (exact) mass is 384 g/mol. The Morgan fingerprint density at radius 3 is 2.64 bits per heavy atom. The Morgan fingerprint density at radius 2 is 2.14 bits per heavy atom. The molecule has 78 valence electrons. The molecule has 1 rings (SSSR count). The van der Waals surface area contributed by atoms with Gasteiger partial charge >= 0.3 is 0 Å². The molecule has 0 aliphatic rings. The number of anilines is 1. The summed E-state index contributed by atoms with van der Waals surface area (Å²) in [5, 5.41) is 0.949. The van der Waals surface area contributed by atoms with Gasteiger partial charge in [-0.05, 0) is 44.8 Å². The third kappa shape index (κ3) is 3.21. The van der Waals surface area contributed by atoms with Crippen molar-refractivity contribution in [1.29, 1.82) is 0 Å². The van der Waals surface area contributed by atoms with Crippen LogP contribution in [-0.2, 0) is 0 Å². The van der Waals surface area contributed by atoms with Crippen LogP contribution in [0.1, 0.15) is 6.92 Å². The lowest BCUT2D eigenvalue weighted by Crippen LogP contribution is -2.26. The molecule has 2 nitrogen and oxygen atoms in total. The fourth-order valence-electron chi connectivity index (χ4n) is 1.16. The minimum absolute atomic E-state index is 0.949. The van der Waals surface area contributed by atoms with Crippen LogP contribution in [0.3, 0.4) is 0 Å². The molecular formula is C9H11Br3N2. The molecule has 1 heterocycles. The van der Waals surface area contributed by atoms with E-state index < -0.39 is 0 Å². The molecule has 0 bridgehead atoms. The lowest BCUT2D eigenvalue weighted by molar-refractivity contribution is 0.850. The molecule has 0 aromatic carbocycles. The lowest BCUT2D eigenvalue weighted by atomic mass is 10.4. The topological polar surface area (TPSA) is 16.1 Å². The van der Waals surface area contributed by atoms with Crippen molar-refractivity contribution in [2.24, 2.45) is 0 Å². The molecular weight excluding hydrogens is 376 g/mol. The van der Waals surface area contributed by atoms with Gasteiger partial charge in [0.15, 0.2) is 0 Å². The van der Waals surface area contributed by atoms with E-state index in [1.165, 1.54) is 0 Å². The van der Waals surface area contributed by atoms with E-state index in [4.69, 9.17) is 0 Å². The summed E-state index contributed by atoms with van der Waals surface area (Å²) < 4.78 is 2.01. The average molecular weight is 387 g/mol. The predicted octanol–water partition coefficient (Wildman–Crippen LogP) is 3.83. The smallest absolute Gasteiger partial charge is 0.142 e. The third-order valence-corrected chi connectivity index (χ3v) is 3.20. The van der Waals surface area contributed by atoms with E-state index in [0.717, 1.165) is 33.2 Å². The highest BCUT2D eigenvalue weighted by atomic mass is 79.9. The summed E-state index contributed by atoms with van der Waals surface area (Å²) in [5.41, 5.74) is 0. The van der Waals surface area contributed by atoms with Gasteiger partial charge in [-0.25, -0.2) is 4.98 Å². The van der Waals surface area contributed by atoms with Gasteiger partial charge in [-0.3, -0.25) is 0 Å². The van der Waals surface area contributed by atoms with Crippen LogP contribution >= 0.6 is 47.8 Å². The number of nitrogens with zero attached hydrogens (tertiary/aromatic N) is 2. The first-order chi connectivity index (χ1) is 6.69. The van der Waals surface area contributed by atoms with Gasteiger partial charge in [0.05, 0.1) is 4.47 Å². The Morgan fingerprint density at radius 1 is 1.43 bits per heavy atom. The molecule has 0 radical (unpaired) electrons. The van der Waals surface area contributed by atoms with E-state index in [1.54, 1.807) is 0 Å². The summed E-state index contributed by atoms with van der Waals surface area (Å²) in [6.45, 7) is 4.04. The number of halogens is 3. The molecule has 0 aliphatic carbocycles. The molecule has 0 aliphatic heterocycles. The number of aromatic nitrogens is 1. The molecule has 0 spiro atoms. The van der Waals surface area contributed by atoms with Crippen molar-refractivity contribution in [3.8, 4) is 0 Å². The largest absolute Gasteiger partial charge is 0.355 e. The van der Waals surface area contributed by atoms with Gasteiger partial charge in [0.2, 0.25) is 0 Å². The molecule has 1 aromatic rings. The van der Waals surface area contributed by atoms with E-state index in [2.05, 4.69) is 64.6 Å². The second kappa shape index (κ2) is 6.08. The SMILES string of the molecule is CCN(CCBr)c1ncc(Br)cc1Br. The highest BCUT2D eigenvalue weighted by Gasteiger charge is 2.09. The first-order valence-corrected chi connectivity index (χ1v) is 7.01. The first-order valence-electron chi connectivity index (χ1n) is 4.31. The van der Waals surface area contributed by atoms with E-state index in [0.29, 0.717) is 0 Å². The first kappa shape index (κ1) is 12.5. The van der Waals surface area contributed by atoms with Crippen LogP contribution in [0.4, 0.5) is 5.82 Å². The summed E-state index contributed by atoms with van der Waals surface area (Å²) in [5.74, 6) is 0.996. The lowest BCUT2D eigenvalue weighted by Gasteiger charge is -2.21. The summed E-state index contributed by atoms with van der Waals surface area (Å²) >= 11 is 10.3. The van der Waals surface area contributed by atoms with Gasteiger partial charge in [0, 0.05) is 29.1 Å². The van der Waals surface area contributed by atoms with Crippen LogP contribution in [-0.4, -0.2) is 23.4 Å². The second-order valence-corrected chi connectivity index (χ2v) is 5.29. The Kier molecular flexibility index (Phi) is 5.41. The second-order valence-electron chi connectivity index (χ2n) is 2.73. The van der Waals surface area contributed by atoms with E-state index >= 15 is 0 Å². The van der Waals surface area contributed by atoms with E-state index in [-0.39, 0.29) is 0 Å². The van der Waals surface area contributed by atoms with Crippen molar-refractivity contribution in [3.05, 3.63) is 21.2 Å². The molecule has 5 heteroatoms. The summed E-state index contributed by atoms with van der Waals surface area (Å²) in [6.07, 6.45) is 1.82. The van der Waals surface area contributed by atoms with Crippen LogP contribution in [0.25, 0.3) is 0 Å². The molecule has 0 saturated carbocycles. The Balaban J connectivity index is 2.92. The fraction of sp³-hybridized carbons (Fsp3) is 0.444. The minimum Gasteiger partial charge on any atom is -0.355 e. The van der Waals surface area contributed by atoms with Crippen molar-refractivity contribution in [3.63, 3.8) is 0 Å². The van der Waals surface area contributed by atoms with Crippen LogP contribution in [0.5, 0.6) is 0 Å². The molecule has 1 aromatic heterocycles. The van der Waals surface area contributed by atoms with Gasteiger partial charge in [-0.2, -0.15) is 0 Å². The maximum Gasteiger partial charge on any atom is 0.142 e. The molecule has 0 atom stereocenters. The quantitative estimate of drug-likeness (QED) is 0.731. The van der Waals surface area contributed by atoms with Crippen molar-refractivity contribution < 1.29 is 0 Å². The maximum absolute atomic E-state index is 4.38. The van der Waals surface area contributed by atoms with Crippen LogP contribution in [0, 0.1) is 0 Å². The van der Waals surface area contributed by atoms with Gasteiger partial charge in [-0.1, -0.05) is 15.9 Å². The standard InChI is InChI=1S/C9H11Br3N2/c1-2-14(4-3-10)9-8(12)5-7(11)6-13-9/h5-6H,2-4H2,1H3. The van der Waals surface area contributed by atoms with Crippen molar-refractivity contribution in [2.75, 3.05) is 23.3 Å². The molecule has 0 saturated heterocycles. The Labute approximate surface area is 109 Å². The van der Waals surface area contributed by atoms with Gasteiger partial charge in [-0.15, -0.1) is 0 Å². The zero-order valence-corrected chi connectivity index (χ0v) is 12.6. The third-order valence-electron chi connectivity index (χ3n) is 1.82. The molecule has 0 N–H and O–H groups in total. The zero-order valence-electron chi connectivity index (χ0n) is 7.80. The summed E-state index contributed by atoms with van der Waals surface area (Å²) in [4.78, 5) is 6.59. The van der Waals surface area contributed by atoms with Crippen LogP contribution in [0.2, 0.25) is 0 Å². The van der Waals surface area contributed by atoms with E-state index in [9.17, 15) is 0 Å². The molecule has 14 heavy (non-hydrogen) atoms. The number of rotatable bonds is 4. The fourth-order valence-corrected chi connectivity index (χ4v) is 2.82. The number of hydrogen-bond donors (Lipinski definition) is 0. The number of pyridine rings is 1. The Bertz CT molecular complexity index is 304. The van der Waals surface area contributed by atoms with Crippen LogP contribution in [0.15, 0.2) is 21.2 Å². The van der Waals surface area contributed by atoms with Crippen molar-refractivity contribution >= 4 is 53.6 Å². The Hall–Kier alpha value is 0.390. The van der Waals surface area contributed by atoms with Crippen molar-refractivity contribution in [1.82, 2.24) is 4.98 Å². The highest BCUT2D eigenvalue weighted by molar-refractivity contribution is 9.11. The summed E-state index contributed by atoms with van der Waals surface area (Å²) in [6, 6.07) is 2.01. The predicted molar refractivity (Wildman–Crippen MR) is 71.3 cm³/mol. The molecule has 0 unspecified atom stereocenters. The number of hydrogen-bond acceptors (Lipinski definition) is 2. The number of alkyl halides is 1. The zero-order chi connectivity index (χ0) is 10.6. The molecule has 0 fully saturated rings. The summed E-state index contributed by atoms with van der Waals surface area (Å²) in [7, 11) is 0. The van der Waals surface area contributed by atoms with Gasteiger partial charge in [0.25, 0.3) is 0 Å². The normalized spacial score (nSPS) is 10.3. The van der Waals surface area contributed by atoms with E-state index in [1.807, 2.05) is 12.3 Å². The van der Waals surface area contributed by atoms with Gasteiger partial charge in [0.1, 0.15) is 5.82 Å². The minimum atomic E-state index is 0.949. The van der Waals surface area contributed by atoms with Crippen LogP contribution < -0.4 is 4.90 Å². The maximum atomic E-state index is 4.38. The van der Waals surface area contributed by atoms with Gasteiger partial charge < -0.3 is 4.90 Å². The molecule has 0 amide bonds.